The fourth-order valence-corrected chi connectivity index (χ4v) is 1.83. The Kier molecular flexibility index (Phi) is 6.15. The lowest BCUT2D eigenvalue weighted by Gasteiger charge is -2.18. The molecular formula is C11H24N2O. The summed E-state index contributed by atoms with van der Waals surface area (Å²) in [4.78, 5) is 2.44. The molecule has 1 N–H and O–H groups in total. The maximum atomic E-state index is 5.33. The van der Waals surface area contributed by atoms with Crippen LogP contribution in [0.1, 0.15) is 20.3 Å². The average molecular weight is 200 g/mol. The molecule has 1 aliphatic rings. The van der Waals surface area contributed by atoms with Gasteiger partial charge in [0.1, 0.15) is 0 Å². The molecule has 0 spiro atoms. The Hall–Kier alpha value is -0.120. The predicted molar refractivity (Wildman–Crippen MR) is 59.6 cm³/mol. The summed E-state index contributed by atoms with van der Waals surface area (Å²) >= 11 is 0. The van der Waals surface area contributed by atoms with Crippen molar-refractivity contribution in [1.29, 1.82) is 0 Å². The highest BCUT2D eigenvalue weighted by Crippen LogP contribution is 2.10. The zero-order valence-corrected chi connectivity index (χ0v) is 9.59. The molecule has 3 heteroatoms. The first-order valence-electron chi connectivity index (χ1n) is 5.87. The van der Waals surface area contributed by atoms with Crippen LogP contribution in [0.5, 0.6) is 0 Å². The molecule has 1 heterocycles. The minimum absolute atomic E-state index is 0.756. The topological polar surface area (TPSA) is 24.5 Å². The summed E-state index contributed by atoms with van der Waals surface area (Å²) in [6.45, 7) is 12.1. The van der Waals surface area contributed by atoms with Crippen molar-refractivity contribution < 1.29 is 4.74 Å². The van der Waals surface area contributed by atoms with Gasteiger partial charge in [0.25, 0.3) is 0 Å². The molecule has 0 bridgehead atoms. The lowest BCUT2D eigenvalue weighted by atomic mass is 10.1. The molecule has 1 fully saturated rings. The molecule has 1 saturated heterocycles. The van der Waals surface area contributed by atoms with Crippen LogP contribution in [0.3, 0.4) is 0 Å². The van der Waals surface area contributed by atoms with Crippen LogP contribution in [0.2, 0.25) is 0 Å². The molecule has 1 rings (SSSR count). The van der Waals surface area contributed by atoms with E-state index in [1.165, 1.54) is 13.0 Å². The van der Waals surface area contributed by atoms with Gasteiger partial charge < -0.3 is 15.0 Å². The zero-order valence-electron chi connectivity index (χ0n) is 9.59. The molecule has 84 valence electrons. The van der Waals surface area contributed by atoms with Gasteiger partial charge in [-0.3, -0.25) is 0 Å². The first-order chi connectivity index (χ1) is 6.86. The molecule has 14 heavy (non-hydrogen) atoms. The van der Waals surface area contributed by atoms with Crippen molar-refractivity contribution in [3.63, 3.8) is 0 Å². The lowest BCUT2D eigenvalue weighted by Crippen LogP contribution is -2.34. The first-order valence-corrected chi connectivity index (χ1v) is 5.87. The zero-order chi connectivity index (χ0) is 10.2. The van der Waals surface area contributed by atoms with Gasteiger partial charge in [-0.15, -0.1) is 0 Å². The largest absolute Gasteiger partial charge is 0.381 e. The van der Waals surface area contributed by atoms with E-state index in [1.807, 2.05) is 0 Å². The van der Waals surface area contributed by atoms with Crippen LogP contribution in [-0.4, -0.2) is 50.8 Å². The quantitative estimate of drug-likeness (QED) is 0.619. The van der Waals surface area contributed by atoms with Gasteiger partial charge in [-0.25, -0.2) is 0 Å². The van der Waals surface area contributed by atoms with E-state index < -0.39 is 0 Å². The van der Waals surface area contributed by atoms with E-state index >= 15 is 0 Å². The summed E-state index contributed by atoms with van der Waals surface area (Å²) in [6, 6.07) is 0. The Morgan fingerprint density at radius 2 is 2.14 bits per heavy atom. The van der Waals surface area contributed by atoms with E-state index in [2.05, 4.69) is 24.1 Å². The first kappa shape index (κ1) is 12.0. The summed E-state index contributed by atoms with van der Waals surface area (Å²) in [5, 5.41) is 3.50. The Morgan fingerprint density at radius 3 is 2.71 bits per heavy atom. The van der Waals surface area contributed by atoms with Gasteiger partial charge in [-0.2, -0.15) is 0 Å². The van der Waals surface area contributed by atoms with E-state index in [1.54, 1.807) is 0 Å². The fourth-order valence-electron chi connectivity index (χ4n) is 1.83. The average Bonchev–Trinajstić information content (AvgIpc) is 2.71. The van der Waals surface area contributed by atoms with Gasteiger partial charge in [0.05, 0.1) is 6.61 Å². The fraction of sp³-hybridized carbons (Fsp3) is 1.00. The number of hydrogen-bond donors (Lipinski definition) is 1. The van der Waals surface area contributed by atoms with E-state index in [0.717, 1.165) is 45.3 Å². The minimum atomic E-state index is 0.756. The molecule has 0 aromatic heterocycles. The Labute approximate surface area is 87.8 Å². The van der Waals surface area contributed by atoms with Crippen molar-refractivity contribution in [2.45, 2.75) is 20.3 Å². The van der Waals surface area contributed by atoms with Crippen LogP contribution in [0, 0.1) is 5.92 Å². The highest BCUT2D eigenvalue weighted by molar-refractivity contribution is 4.67. The normalized spacial score (nSPS) is 22.1. The number of nitrogens with one attached hydrogen (secondary N) is 1. The Bertz CT molecular complexity index is 127. The molecule has 0 aliphatic carbocycles. The molecule has 1 unspecified atom stereocenters. The van der Waals surface area contributed by atoms with E-state index in [9.17, 15) is 0 Å². The summed E-state index contributed by atoms with van der Waals surface area (Å²) in [5.41, 5.74) is 0. The minimum Gasteiger partial charge on any atom is -0.381 e. The highest BCUT2D eigenvalue weighted by Gasteiger charge is 2.14. The molecule has 1 aliphatic heterocycles. The summed E-state index contributed by atoms with van der Waals surface area (Å²) in [7, 11) is 0. The van der Waals surface area contributed by atoms with Crippen molar-refractivity contribution in [3.8, 4) is 0 Å². The SMILES string of the molecule is CCN(CC)CCNCC1CCOC1. The van der Waals surface area contributed by atoms with Crippen LogP contribution in [0.25, 0.3) is 0 Å². The number of ether oxygens (including phenoxy) is 1. The summed E-state index contributed by atoms with van der Waals surface area (Å²) < 4.78 is 5.33. The molecule has 3 nitrogen and oxygen atoms in total. The Morgan fingerprint density at radius 1 is 1.36 bits per heavy atom. The molecular weight excluding hydrogens is 176 g/mol. The van der Waals surface area contributed by atoms with Crippen LogP contribution >= 0.6 is 0 Å². The van der Waals surface area contributed by atoms with Gasteiger partial charge in [0, 0.05) is 26.2 Å². The second-order valence-electron chi connectivity index (χ2n) is 3.96. The van der Waals surface area contributed by atoms with Crippen LogP contribution in [0.4, 0.5) is 0 Å². The predicted octanol–water partition coefficient (Wildman–Crippen LogP) is 0.954. The maximum absolute atomic E-state index is 5.33. The van der Waals surface area contributed by atoms with Crippen LogP contribution in [-0.2, 0) is 4.74 Å². The van der Waals surface area contributed by atoms with Crippen molar-refractivity contribution in [2.75, 3.05) is 45.9 Å². The molecule has 0 aromatic rings. The smallest absolute Gasteiger partial charge is 0.0507 e. The maximum Gasteiger partial charge on any atom is 0.0507 e. The van der Waals surface area contributed by atoms with E-state index in [0.29, 0.717) is 0 Å². The van der Waals surface area contributed by atoms with E-state index in [-0.39, 0.29) is 0 Å². The third-order valence-electron chi connectivity index (χ3n) is 2.96. The molecule has 0 radical (unpaired) electrons. The summed E-state index contributed by atoms with van der Waals surface area (Å²) in [5.74, 6) is 0.756. The highest BCUT2D eigenvalue weighted by atomic mass is 16.5. The van der Waals surface area contributed by atoms with Gasteiger partial charge in [-0.1, -0.05) is 13.8 Å². The van der Waals surface area contributed by atoms with Crippen molar-refractivity contribution in [3.05, 3.63) is 0 Å². The van der Waals surface area contributed by atoms with Crippen LogP contribution < -0.4 is 5.32 Å². The number of rotatable bonds is 7. The van der Waals surface area contributed by atoms with E-state index in [4.69, 9.17) is 4.74 Å². The molecule has 0 aromatic carbocycles. The van der Waals surface area contributed by atoms with Gasteiger partial charge in [-0.05, 0) is 25.4 Å². The monoisotopic (exact) mass is 200 g/mol. The van der Waals surface area contributed by atoms with Crippen molar-refractivity contribution in [2.24, 2.45) is 5.92 Å². The lowest BCUT2D eigenvalue weighted by molar-refractivity contribution is 0.185. The number of likely N-dealkylation sites (N-methyl/N-ethyl adjacent to an activating group) is 1. The third-order valence-corrected chi connectivity index (χ3v) is 2.96. The second kappa shape index (κ2) is 7.21. The second-order valence-corrected chi connectivity index (χ2v) is 3.96. The molecule has 1 atom stereocenters. The third kappa shape index (κ3) is 4.40. The van der Waals surface area contributed by atoms with Crippen molar-refractivity contribution >= 4 is 0 Å². The van der Waals surface area contributed by atoms with Crippen LogP contribution in [0.15, 0.2) is 0 Å². The van der Waals surface area contributed by atoms with Gasteiger partial charge >= 0.3 is 0 Å². The molecule has 0 saturated carbocycles. The summed E-state index contributed by atoms with van der Waals surface area (Å²) in [6.07, 6.45) is 1.23. The van der Waals surface area contributed by atoms with Gasteiger partial charge in [0.15, 0.2) is 0 Å². The van der Waals surface area contributed by atoms with Gasteiger partial charge in [0.2, 0.25) is 0 Å². The standard InChI is InChI=1S/C11H24N2O/c1-3-13(4-2)7-6-12-9-11-5-8-14-10-11/h11-12H,3-10H2,1-2H3. The number of hydrogen-bond acceptors (Lipinski definition) is 3. The number of nitrogens with zero attached hydrogens (tertiary/aromatic N) is 1. The Balaban J connectivity index is 1.92. The molecule has 0 amide bonds. The van der Waals surface area contributed by atoms with Crippen molar-refractivity contribution in [1.82, 2.24) is 10.2 Å².